The minimum atomic E-state index is -0.335. The molecule has 8 heteroatoms. The second kappa shape index (κ2) is 6.66. The maximum atomic E-state index is 12.2. The number of hydrogen-bond acceptors (Lipinski definition) is 6. The summed E-state index contributed by atoms with van der Waals surface area (Å²) in [5.74, 6) is 0.480. The summed E-state index contributed by atoms with van der Waals surface area (Å²) in [4.78, 5) is 25.0. The van der Waals surface area contributed by atoms with Crippen LogP contribution in [0.4, 0.5) is 0 Å². The van der Waals surface area contributed by atoms with Gasteiger partial charge in [0.2, 0.25) is 23.6 Å². The molecule has 1 atom stereocenters. The Morgan fingerprint density at radius 3 is 2.62 bits per heavy atom. The largest absolute Gasteiger partial charge is 0.423 e. The highest BCUT2D eigenvalue weighted by atomic mass is 16.4. The smallest absolute Gasteiger partial charge is 0.238 e. The molecule has 1 aromatic heterocycles. The number of carbonyl (C=O) groups is 2. The maximum absolute atomic E-state index is 12.2. The Hall–Kier alpha value is -1.96. The van der Waals surface area contributed by atoms with Gasteiger partial charge in [0.15, 0.2) is 0 Å². The van der Waals surface area contributed by atoms with E-state index in [9.17, 15) is 9.59 Å². The Kier molecular flexibility index (Phi) is 4.89. The molecule has 0 unspecified atom stereocenters. The average Bonchev–Trinajstić information content (AvgIpc) is 2.85. The van der Waals surface area contributed by atoms with Gasteiger partial charge in [-0.3, -0.25) is 14.5 Å². The number of nitrogens with two attached hydrogens (primary N) is 1. The van der Waals surface area contributed by atoms with Gasteiger partial charge in [0.1, 0.15) is 6.04 Å². The van der Waals surface area contributed by atoms with Gasteiger partial charge in [-0.15, -0.1) is 10.2 Å². The highest BCUT2D eigenvalue weighted by molar-refractivity contribution is 5.79. The normalized spacial score (nSPS) is 18.4. The van der Waals surface area contributed by atoms with Crippen LogP contribution in [0, 0.1) is 12.8 Å². The van der Waals surface area contributed by atoms with E-state index in [4.69, 9.17) is 10.2 Å². The van der Waals surface area contributed by atoms with E-state index in [1.807, 2.05) is 11.8 Å². The Bertz CT molecular complexity index is 508. The summed E-state index contributed by atoms with van der Waals surface area (Å²) in [5.41, 5.74) is 5.17. The Balaban J connectivity index is 1.80. The summed E-state index contributed by atoms with van der Waals surface area (Å²) in [6, 6.07) is -0.303. The van der Waals surface area contributed by atoms with Crippen molar-refractivity contribution in [1.82, 2.24) is 20.4 Å². The summed E-state index contributed by atoms with van der Waals surface area (Å²) >= 11 is 0. The quantitative estimate of drug-likeness (QED) is 0.774. The summed E-state index contributed by atoms with van der Waals surface area (Å²) in [7, 11) is 0. The van der Waals surface area contributed by atoms with Crippen molar-refractivity contribution < 1.29 is 14.0 Å². The molecule has 2 amide bonds. The van der Waals surface area contributed by atoms with Crippen LogP contribution >= 0.6 is 0 Å². The van der Waals surface area contributed by atoms with Gasteiger partial charge in [-0.05, 0) is 32.9 Å². The molecular weight excluding hydrogens is 274 g/mol. The third-order valence-electron chi connectivity index (χ3n) is 3.61. The number of likely N-dealkylation sites (tertiary alicyclic amines) is 1. The zero-order valence-electron chi connectivity index (χ0n) is 12.3. The molecule has 0 saturated carbocycles. The molecule has 0 aromatic carbocycles. The first-order valence-corrected chi connectivity index (χ1v) is 7.06. The number of rotatable bonds is 5. The second-order valence-corrected chi connectivity index (χ2v) is 5.41. The minimum Gasteiger partial charge on any atom is -0.423 e. The van der Waals surface area contributed by atoms with E-state index in [-0.39, 0.29) is 30.3 Å². The van der Waals surface area contributed by atoms with E-state index in [1.165, 1.54) is 0 Å². The molecule has 0 aliphatic carbocycles. The maximum Gasteiger partial charge on any atom is 0.238 e. The molecule has 1 fully saturated rings. The van der Waals surface area contributed by atoms with Crippen molar-refractivity contribution in [3.05, 3.63) is 11.8 Å². The molecule has 116 valence electrons. The number of nitrogens with zero attached hydrogens (tertiary/aromatic N) is 3. The topological polar surface area (TPSA) is 114 Å². The Labute approximate surface area is 123 Å². The molecule has 1 aliphatic heterocycles. The van der Waals surface area contributed by atoms with Gasteiger partial charge in [0.05, 0.1) is 6.54 Å². The lowest BCUT2D eigenvalue weighted by atomic mass is 9.95. The molecule has 21 heavy (non-hydrogen) atoms. The number of primary amides is 1. The van der Waals surface area contributed by atoms with Crippen LogP contribution in [0.25, 0.3) is 0 Å². The monoisotopic (exact) mass is 295 g/mol. The zero-order chi connectivity index (χ0) is 15.4. The van der Waals surface area contributed by atoms with E-state index < -0.39 is 0 Å². The average molecular weight is 295 g/mol. The first-order chi connectivity index (χ1) is 9.95. The first-order valence-electron chi connectivity index (χ1n) is 7.06. The highest BCUT2D eigenvalue weighted by Crippen LogP contribution is 2.19. The predicted molar refractivity (Wildman–Crippen MR) is 74.0 cm³/mol. The van der Waals surface area contributed by atoms with Crippen LogP contribution in [-0.4, -0.2) is 46.5 Å². The molecular formula is C13H21N5O3. The minimum absolute atomic E-state index is 0.0166. The van der Waals surface area contributed by atoms with Gasteiger partial charge in [0.25, 0.3) is 0 Å². The van der Waals surface area contributed by atoms with Crippen LogP contribution in [-0.2, 0) is 9.59 Å². The van der Waals surface area contributed by atoms with Gasteiger partial charge < -0.3 is 15.5 Å². The van der Waals surface area contributed by atoms with Crippen molar-refractivity contribution in [1.29, 1.82) is 0 Å². The fourth-order valence-corrected chi connectivity index (χ4v) is 2.45. The van der Waals surface area contributed by atoms with Crippen molar-refractivity contribution in [2.45, 2.75) is 32.7 Å². The Morgan fingerprint density at radius 2 is 2.10 bits per heavy atom. The standard InChI is InChI=1S/C13H21N5O3/c1-8(13-17-16-9(2)21-13)15-12(20)10-3-5-18(6-4-10)7-11(14)19/h8,10H,3-7H2,1-2H3,(H2,14,19)(H,15,20)/t8-/m1/s1. The number of nitrogens with one attached hydrogen (secondary N) is 1. The number of hydrogen-bond donors (Lipinski definition) is 2. The van der Waals surface area contributed by atoms with Gasteiger partial charge in [-0.25, -0.2) is 0 Å². The van der Waals surface area contributed by atoms with Crippen LogP contribution in [0.1, 0.15) is 37.6 Å². The summed E-state index contributed by atoms with van der Waals surface area (Å²) < 4.78 is 5.30. The van der Waals surface area contributed by atoms with Gasteiger partial charge in [0, 0.05) is 12.8 Å². The van der Waals surface area contributed by atoms with E-state index in [0.29, 0.717) is 37.7 Å². The lowest BCUT2D eigenvalue weighted by Crippen LogP contribution is -2.43. The Morgan fingerprint density at radius 1 is 1.43 bits per heavy atom. The zero-order valence-corrected chi connectivity index (χ0v) is 12.3. The van der Waals surface area contributed by atoms with Crippen molar-refractivity contribution in [2.75, 3.05) is 19.6 Å². The summed E-state index contributed by atoms with van der Waals surface area (Å²) in [6.07, 6.45) is 1.43. The summed E-state index contributed by atoms with van der Waals surface area (Å²) in [6.45, 7) is 5.18. The van der Waals surface area contributed by atoms with Crippen LogP contribution < -0.4 is 11.1 Å². The van der Waals surface area contributed by atoms with Crippen molar-refractivity contribution in [3.63, 3.8) is 0 Å². The van der Waals surface area contributed by atoms with E-state index in [0.717, 1.165) is 0 Å². The number of aryl methyl sites for hydroxylation is 1. The number of amides is 2. The molecule has 1 aliphatic rings. The van der Waals surface area contributed by atoms with Gasteiger partial charge in [-0.2, -0.15) is 0 Å². The van der Waals surface area contributed by atoms with E-state index in [2.05, 4.69) is 15.5 Å². The highest BCUT2D eigenvalue weighted by Gasteiger charge is 2.27. The molecule has 2 rings (SSSR count). The van der Waals surface area contributed by atoms with Crippen LogP contribution in [0.2, 0.25) is 0 Å². The molecule has 2 heterocycles. The van der Waals surface area contributed by atoms with Crippen LogP contribution in [0.15, 0.2) is 4.42 Å². The number of carbonyl (C=O) groups excluding carboxylic acids is 2. The van der Waals surface area contributed by atoms with E-state index in [1.54, 1.807) is 6.92 Å². The number of piperidine rings is 1. The SMILES string of the molecule is Cc1nnc([C@@H](C)NC(=O)C2CCN(CC(N)=O)CC2)o1. The fourth-order valence-electron chi connectivity index (χ4n) is 2.45. The lowest BCUT2D eigenvalue weighted by Gasteiger charge is -2.30. The van der Waals surface area contributed by atoms with E-state index >= 15 is 0 Å². The van der Waals surface area contributed by atoms with Crippen molar-refractivity contribution in [3.8, 4) is 0 Å². The predicted octanol–water partition coefficient (Wildman–Crippen LogP) is -0.247. The molecule has 1 saturated heterocycles. The third kappa shape index (κ3) is 4.25. The lowest BCUT2D eigenvalue weighted by molar-refractivity contribution is -0.127. The molecule has 0 radical (unpaired) electrons. The van der Waals surface area contributed by atoms with Gasteiger partial charge >= 0.3 is 0 Å². The molecule has 8 nitrogen and oxygen atoms in total. The number of aromatic nitrogens is 2. The fraction of sp³-hybridized carbons (Fsp3) is 0.692. The van der Waals surface area contributed by atoms with Gasteiger partial charge in [-0.1, -0.05) is 0 Å². The van der Waals surface area contributed by atoms with Crippen molar-refractivity contribution in [2.24, 2.45) is 11.7 Å². The second-order valence-electron chi connectivity index (χ2n) is 5.41. The molecule has 0 spiro atoms. The van der Waals surface area contributed by atoms with Crippen molar-refractivity contribution >= 4 is 11.8 Å². The summed E-state index contributed by atoms with van der Waals surface area (Å²) in [5, 5.41) is 10.5. The molecule has 3 N–H and O–H groups in total. The van der Waals surface area contributed by atoms with Crippen LogP contribution in [0.3, 0.4) is 0 Å². The first kappa shape index (κ1) is 15.4. The molecule has 1 aromatic rings. The third-order valence-corrected chi connectivity index (χ3v) is 3.61. The molecule has 0 bridgehead atoms. The van der Waals surface area contributed by atoms with Crippen LogP contribution in [0.5, 0.6) is 0 Å².